The molecule has 1 amide bonds. The van der Waals surface area contributed by atoms with Gasteiger partial charge in [0.1, 0.15) is 11.5 Å². The van der Waals surface area contributed by atoms with E-state index >= 15 is 0 Å². The minimum absolute atomic E-state index is 0.182. The monoisotopic (exact) mass is 514 g/mol. The number of nitrogens with one attached hydrogen (secondary N) is 1. The molecule has 3 rings (SSSR count). The summed E-state index contributed by atoms with van der Waals surface area (Å²) in [5.41, 5.74) is 5.24. The summed E-state index contributed by atoms with van der Waals surface area (Å²) in [6, 6.07) is 17.2. The lowest BCUT2D eigenvalue weighted by atomic mass is 10.1. The lowest BCUT2D eigenvalue weighted by molar-refractivity contribution is -0.123. The van der Waals surface area contributed by atoms with E-state index in [2.05, 4.69) is 26.5 Å². The number of benzene rings is 3. The van der Waals surface area contributed by atoms with Crippen LogP contribution >= 0.6 is 27.5 Å². The molecular weight excluding hydrogens is 496 g/mol. The molecule has 0 aliphatic rings. The van der Waals surface area contributed by atoms with Gasteiger partial charge in [-0.3, -0.25) is 4.79 Å². The molecule has 0 heterocycles. The molecule has 0 unspecified atom stereocenters. The van der Waals surface area contributed by atoms with Crippen LogP contribution in [0.2, 0.25) is 5.02 Å². The number of hydrogen-bond donors (Lipinski definition) is 1. The molecule has 8 heteroatoms. The van der Waals surface area contributed by atoms with Gasteiger partial charge in [-0.2, -0.15) is 5.10 Å². The number of amides is 1. The Labute approximate surface area is 199 Å². The minimum atomic E-state index is -0.537. The van der Waals surface area contributed by atoms with Crippen LogP contribution in [0.1, 0.15) is 27.0 Å². The smallest absolute Gasteiger partial charge is 0.343 e. The fourth-order valence-electron chi connectivity index (χ4n) is 2.67. The number of carbonyl (C=O) groups is 2. The van der Waals surface area contributed by atoms with Crippen molar-refractivity contribution >= 4 is 45.6 Å². The van der Waals surface area contributed by atoms with Crippen LogP contribution in [0.15, 0.2) is 70.2 Å². The zero-order valence-corrected chi connectivity index (χ0v) is 19.7. The van der Waals surface area contributed by atoms with Gasteiger partial charge in [0.25, 0.3) is 5.91 Å². The van der Waals surface area contributed by atoms with Crippen molar-refractivity contribution in [3.05, 3.63) is 92.4 Å². The van der Waals surface area contributed by atoms with Crippen molar-refractivity contribution in [3.8, 4) is 11.5 Å². The summed E-state index contributed by atoms with van der Waals surface area (Å²) in [7, 11) is 0. The average Bonchev–Trinajstić information content (AvgIpc) is 2.76. The molecule has 0 atom stereocenters. The summed E-state index contributed by atoms with van der Waals surface area (Å²) in [4.78, 5) is 24.5. The number of rotatable bonds is 7. The van der Waals surface area contributed by atoms with Gasteiger partial charge in [0.15, 0.2) is 6.61 Å². The predicted molar refractivity (Wildman–Crippen MR) is 128 cm³/mol. The van der Waals surface area contributed by atoms with E-state index in [-0.39, 0.29) is 12.4 Å². The van der Waals surface area contributed by atoms with E-state index in [1.165, 1.54) is 6.21 Å². The average molecular weight is 516 g/mol. The third kappa shape index (κ3) is 6.67. The minimum Gasteiger partial charge on any atom is -0.483 e. The molecule has 32 heavy (non-hydrogen) atoms. The fraction of sp³-hybridized carbons (Fsp3) is 0.125. The summed E-state index contributed by atoms with van der Waals surface area (Å²) in [6.45, 7) is 3.68. The van der Waals surface area contributed by atoms with Gasteiger partial charge >= 0.3 is 5.97 Å². The molecule has 0 saturated heterocycles. The summed E-state index contributed by atoms with van der Waals surface area (Å²) in [6.07, 6.45) is 1.39. The van der Waals surface area contributed by atoms with Crippen molar-refractivity contribution in [2.75, 3.05) is 6.61 Å². The number of esters is 1. The number of nitrogens with zero attached hydrogens (tertiary/aromatic N) is 1. The van der Waals surface area contributed by atoms with Crippen molar-refractivity contribution in [3.63, 3.8) is 0 Å². The van der Waals surface area contributed by atoms with E-state index in [1.807, 2.05) is 32.0 Å². The Morgan fingerprint density at radius 2 is 1.78 bits per heavy atom. The second-order valence-electron chi connectivity index (χ2n) is 6.93. The van der Waals surface area contributed by atoms with Gasteiger partial charge in [-0.25, -0.2) is 10.2 Å². The standard InChI is InChI=1S/C24H20BrClN2O4/c1-15-3-4-16(2)22(11-15)31-14-23(29)28-27-13-18-12-19(25)7-10-21(18)32-24(30)17-5-8-20(26)9-6-17/h3-13H,14H2,1-2H3,(H,28,29). The van der Waals surface area contributed by atoms with Gasteiger partial charge < -0.3 is 9.47 Å². The highest BCUT2D eigenvalue weighted by Gasteiger charge is 2.12. The number of aryl methyl sites for hydroxylation is 2. The molecule has 0 aliphatic heterocycles. The quantitative estimate of drug-likeness (QED) is 0.196. The third-order valence-corrected chi connectivity index (χ3v) is 5.09. The van der Waals surface area contributed by atoms with Gasteiger partial charge in [0.05, 0.1) is 11.8 Å². The highest BCUT2D eigenvalue weighted by molar-refractivity contribution is 9.10. The van der Waals surface area contributed by atoms with Crippen LogP contribution in [0.4, 0.5) is 0 Å². The van der Waals surface area contributed by atoms with Gasteiger partial charge in [-0.05, 0) is 73.5 Å². The Morgan fingerprint density at radius 3 is 2.53 bits per heavy atom. The number of ether oxygens (including phenoxy) is 2. The van der Waals surface area contributed by atoms with Gasteiger partial charge in [0.2, 0.25) is 0 Å². The Kier molecular flexibility index (Phi) is 8.03. The molecule has 6 nitrogen and oxygen atoms in total. The zero-order valence-electron chi connectivity index (χ0n) is 17.4. The van der Waals surface area contributed by atoms with Gasteiger partial charge in [-0.1, -0.05) is 39.7 Å². The van der Waals surface area contributed by atoms with Crippen LogP contribution < -0.4 is 14.9 Å². The molecule has 164 valence electrons. The highest BCUT2D eigenvalue weighted by Crippen LogP contribution is 2.23. The summed E-state index contributed by atoms with van der Waals surface area (Å²) in [5, 5.41) is 4.48. The Balaban J connectivity index is 1.62. The van der Waals surface area contributed by atoms with Crippen LogP contribution in [-0.2, 0) is 4.79 Å². The van der Waals surface area contributed by atoms with Crippen LogP contribution in [0.25, 0.3) is 0 Å². The largest absolute Gasteiger partial charge is 0.483 e. The molecule has 3 aromatic carbocycles. The second kappa shape index (κ2) is 10.9. The lowest BCUT2D eigenvalue weighted by Crippen LogP contribution is -2.24. The second-order valence-corrected chi connectivity index (χ2v) is 8.28. The first-order valence-corrected chi connectivity index (χ1v) is 10.8. The Hall–Kier alpha value is -3.16. The van der Waals surface area contributed by atoms with Crippen LogP contribution in [0.5, 0.6) is 11.5 Å². The number of halogens is 2. The normalized spacial score (nSPS) is 10.8. The van der Waals surface area contributed by atoms with E-state index in [0.717, 1.165) is 15.6 Å². The first-order valence-electron chi connectivity index (χ1n) is 9.61. The number of hydrazone groups is 1. The van der Waals surface area contributed by atoms with E-state index < -0.39 is 11.9 Å². The number of carbonyl (C=O) groups excluding carboxylic acids is 2. The molecule has 0 spiro atoms. The van der Waals surface area contributed by atoms with Crippen molar-refractivity contribution < 1.29 is 19.1 Å². The first-order chi connectivity index (χ1) is 15.3. The van der Waals surface area contributed by atoms with Crippen LogP contribution in [0.3, 0.4) is 0 Å². The maximum atomic E-state index is 12.4. The molecular formula is C24H20BrClN2O4. The molecule has 1 N–H and O–H groups in total. The molecule has 0 radical (unpaired) electrons. The van der Waals surface area contributed by atoms with Crippen molar-refractivity contribution in [1.29, 1.82) is 0 Å². The topological polar surface area (TPSA) is 77.0 Å². The van der Waals surface area contributed by atoms with Crippen molar-refractivity contribution in [1.82, 2.24) is 5.43 Å². The molecule has 0 fully saturated rings. The van der Waals surface area contributed by atoms with E-state index in [0.29, 0.717) is 21.9 Å². The van der Waals surface area contributed by atoms with Crippen LogP contribution in [0, 0.1) is 13.8 Å². The van der Waals surface area contributed by atoms with Gasteiger partial charge in [-0.15, -0.1) is 0 Å². The molecule has 0 aromatic heterocycles. The molecule has 3 aromatic rings. The SMILES string of the molecule is Cc1ccc(C)c(OCC(=O)NN=Cc2cc(Br)ccc2OC(=O)c2ccc(Cl)cc2)c1. The zero-order chi connectivity index (χ0) is 23.1. The van der Waals surface area contributed by atoms with E-state index in [1.54, 1.807) is 42.5 Å². The van der Waals surface area contributed by atoms with Crippen molar-refractivity contribution in [2.45, 2.75) is 13.8 Å². The summed E-state index contributed by atoms with van der Waals surface area (Å²) in [5.74, 6) is -0.0215. The Morgan fingerprint density at radius 1 is 1.03 bits per heavy atom. The maximum Gasteiger partial charge on any atom is 0.343 e. The first kappa shape index (κ1) is 23.5. The maximum absolute atomic E-state index is 12.4. The lowest BCUT2D eigenvalue weighted by Gasteiger charge is -2.09. The molecule has 0 bridgehead atoms. The summed E-state index contributed by atoms with van der Waals surface area (Å²) >= 11 is 9.23. The number of hydrogen-bond acceptors (Lipinski definition) is 5. The summed E-state index contributed by atoms with van der Waals surface area (Å²) < 4.78 is 11.8. The van der Waals surface area contributed by atoms with Gasteiger partial charge in [0, 0.05) is 15.1 Å². The van der Waals surface area contributed by atoms with E-state index in [4.69, 9.17) is 21.1 Å². The van der Waals surface area contributed by atoms with Crippen LogP contribution in [-0.4, -0.2) is 24.7 Å². The van der Waals surface area contributed by atoms with Crippen molar-refractivity contribution in [2.24, 2.45) is 5.10 Å². The predicted octanol–water partition coefficient (Wildman–Crippen LogP) is 5.47. The highest BCUT2D eigenvalue weighted by atomic mass is 79.9. The molecule has 0 saturated carbocycles. The molecule has 0 aliphatic carbocycles. The fourth-order valence-corrected chi connectivity index (χ4v) is 3.17. The third-order valence-electron chi connectivity index (χ3n) is 4.35. The Bertz CT molecular complexity index is 1160. The van der Waals surface area contributed by atoms with E-state index in [9.17, 15) is 9.59 Å².